The average molecular weight is 213 g/mol. The number of methoxy groups -OCH3 is 1. The first-order valence-corrected chi connectivity index (χ1v) is 4.58. The van der Waals surface area contributed by atoms with Gasteiger partial charge in [-0.05, 0) is 27.7 Å². The van der Waals surface area contributed by atoms with Crippen LogP contribution in [0.1, 0.15) is 27.7 Å². The van der Waals surface area contributed by atoms with Crippen LogP contribution in [0.4, 0.5) is 13.2 Å². The van der Waals surface area contributed by atoms with Gasteiger partial charge in [-0.1, -0.05) is 0 Å². The first-order valence-electron chi connectivity index (χ1n) is 4.58. The second kappa shape index (κ2) is 4.98. The molecule has 0 aromatic carbocycles. The summed E-state index contributed by atoms with van der Waals surface area (Å²) in [5, 5.41) is 0. The highest BCUT2D eigenvalue weighted by Gasteiger charge is 2.45. The van der Waals surface area contributed by atoms with Crippen molar-refractivity contribution in [3.05, 3.63) is 0 Å². The number of rotatable bonds is 4. The fourth-order valence-corrected chi connectivity index (χ4v) is 1.56. The summed E-state index contributed by atoms with van der Waals surface area (Å²) in [6.45, 7) is 6.88. The van der Waals surface area contributed by atoms with Crippen molar-refractivity contribution in [1.82, 2.24) is 4.90 Å². The third-order valence-corrected chi connectivity index (χ3v) is 1.97. The molecule has 0 heterocycles. The van der Waals surface area contributed by atoms with Crippen molar-refractivity contribution in [1.29, 1.82) is 0 Å². The number of hydrogen-bond acceptors (Lipinski definition) is 2. The molecule has 0 amide bonds. The van der Waals surface area contributed by atoms with Crippen molar-refractivity contribution in [2.24, 2.45) is 0 Å². The van der Waals surface area contributed by atoms with Crippen LogP contribution in [0.5, 0.6) is 0 Å². The molecule has 0 aliphatic carbocycles. The van der Waals surface area contributed by atoms with E-state index in [4.69, 9.17) is 0 Å². The van der Waals surface area contributed by atoms with E-state index in [2.05, 4.69) is 4.74 Å². The number of halogens is 3. The monoisotopic (exact) mass is 213 g/mol. The molecular weight excluding hydrogens is 195 g/mol. The molecule has 0 N–H and O–H groups in total. The zero-order chi connectivity index (χ0) is 11.5. The molecule has 1 atom stereocenters. The van der Waals surface area contributed by atoms with Crippen LogP contribution in [0.2, 0.25) is 0 Å². The van der Waals surface area contributed by atoms with E-state index in [0.717, 1.165) is 7.11 Å². The molecule has 0 saturated carbocycles. The summed E-state index contributed by atoms with van der Waals surface area (Å²) in [4.78, 5) is 1.29. The van der Waals surface area contributed by atoms with Crippen LogP contribution in [0.25, 0.3) is 0 Å². The molecule has 0 fully saturated rings. The van der Waals surface area contributed by atoms with Crippen LogP contribution in [-0.4, -0.2) is 36.5 Å². The quantitative estimate of drug-likeness (QED) is 0.666. The van der Waals surface area contributed by atoms with Gasteiger partial charge in [0.1, 0.15) is 0 Å². The van der Waals surface area contributed by atoms with Crippen LogP contribution in [-0.2, 0) is 4.74 Å². The highest BCUT2D eigenvalue weighted by Crippen LogP contribution is 2.28. The molecule has 0 bridgehead atoms. The Kier molecular flexibility index (Phi) is 4.88. The van der Waals surface area contributed by atoms with Gasteiger partial charge >= 0.3 is 6.18 Å². The topological polar surface area (TPSA) is 12.5 Å². The Bertz CT molecular complexity index is 160. The molecule has 0 aromatic rings. The minimum absolute atomic E-state index is 0.207. The maximum absolute atomic E-state index is 12.5. The van der Waals surface area contributed by atoms with Crippen molar-refractivity contribution in [2.45, 2.75) is 52.2 Å². The largest absolute Gasteiger partial charge is 0.428 e. The normalized spacial score (nSPS) is 15.6. The Balaban J connectivity index is 4.77. The van der Waals surface area contributed by atoms with Gasteiger partial charge < -0.3 is 4.74 Å². The van der Waals surface area contributed by atoms with Crippen molar-refractivity contribution >= 4 is 0 Å². The molecule has 0 rings (SSSR count). The smallest absolute Gasteiger partial charge is 0.357 e. The standard InChI is InChI=1S/C9H18F3NO/c1-6(2)13(7(3)4)8(14-5)9(10,11)12/h6-8H,1-5H3. The maximum atomic E-state index is 12.5. The van der Waals surface area contributed by atoms with Gasteiger partial charge in [0.05, 0.1) is 0 Å². The van der Waals surface area contributed by atoms with Gasteiger partial charge in [-0.25, -0.2) is 0 Å². The molecule has 0 spiro atoms. The molecule has 0 aliphatic heterocycles. The highest BCUT2D eigenvalue weighted by atomic mass is 19.4. The molecule has 86 valence electrons. The molecule has 5 heteroatoms. The average Bonchev–Trinajstić information content (AvgIpc) is 1.95. The lowest BCUT2D eigenvalue weighted by atomic mass is 10.2. The van der Waals surface area contributed by atoms with E-state index >= 15 is 0 Å². The zero-order valence-electron chi connectivity index (χ0n) is 9.22. The van der Waals surface area contributed by atoms with Crippen LogP contribution < -0.4 is 0 Å². The minimum Gasteiger partial charge on any atom is -0.357 e. The van der Waals surface area contributed by atoms with Gasteiger partial charge in [-0.2, -0.15) is 13.2 Å². The van der Waals surface area contributed by atoms with Crippen LogP contribution in [0.15, 0.2) is 0 Å². The number of alkyl halides is 3. The van der Waals surface area contributed by atoms with Crippen molar-refractivity contribution in [3.63, 3.8) is 0 Å². The van der Waals surface area contributed by atoms with Gasteiger partial charge in [0.2, 0.25) is 6.23 Å². The summed E-state index contributed by atoms with van der Waals surface area (Å²) in [7, 11) is 1.08. The van der Waals surface area contributed by atoms with Crippen LogP contribution >= 0.6 is 0 Å². The lowest BCUT2D eigenvalue weighted by Gasteiger charge is -2.37. The molecule has 0 aliphatic rings. The summed E-state index contributed by atoms with van der Waals surface area (Å²) in [5.74, 6) is 0. The lowest BCUT2D eigenvalue weighted by molar-refractivity contribution is -0.269. The minimum atomic E-state index is -4.34. The van der Waals surface area contributed by atoms with Crippen molar-refractivity contribution < 1.29 is 17.9 Å². The lowest BCUT2D eigenvalue weighted by Crippen LogP contribution is -2.53. The summed E-state index contributed by atoms with van der Waals surface area (Å²) in [6, 6.07) is -0.414. The Morgan fingerprint density at radius 1 is 1.00 bits per heavy atom. The second-order valence-corrected chi connectivity index (χ2v) is 3.76. The Hall–Kier alpha value is -0.290. The fraction of sp³-hybridized carbons (Fsp3) is 1.00. The van der Waals surface area contributed by atoms with Gasteiger partial charge in [-0.3, -0.25) is 4.90 Å². The zero-order valence-corrected chi connectivity index (χ0v) is 9.22. The molecule has 14 heavy (non-hydrogen) atoms. The molecule has 0 radical (unpaired) electrons. The predicted octanol–water partition coefficient (Wildman–Crippen LogP) is 2.64. The maximum Gasteiger partial charge on any atom is 0.428 e. The van der Waals surface area contributed by atoms with E-state index in [1.807, 2.05) is 0 Å². The Morgan fingerprint density at radius 3 is 1.43 bits per heavy atom. The third-order valence-electron chi connectivity index (χ3n) is 1.97. The number of ether oxygens (including phenoxy) is 1. The Morgan fingerprint density at radius 2 is 1.36 bits per heavy atom. The highest BCUT2D eigenvalue weighted by molar-refractivity contribution is 4.76. The van der Waals surface area contributed by atoms with Crippen LogP contribution in [0, 0.1) is 0 Å². The van der Waals surface area contributed by atoms with Gasteiger partial charge in [0.25, 0.3) is 0 Å². The van der Waals surface area contributed by atoms with Crippen molar-refractivity contribution in [3.8, 4) is 0 Å². The molecule has 1 unspecified atom stereocenters. The van der Waals surface area contributed by atoms with E-state index in [1.54, 1.807) is 27.7 Å². The molecule has 0 saturated heterocycles. The van der Waals surface area contributed by atoms with Gasteiger partial charge in [0, 0.05) is 19.2 Å². The Labute approximate surface area is 83.0 Å². The first-order chi connectivity index (χ1) is 6.21. The van der Waals surface area contributed by atoms with E-state index in [1.165, 1.54) is 4.90 Å². The fourth-order valence-electron chi connectivity index (χ4n) is 1.56. The second-order valence-electron chi connectivity index (χ2n) is 3.76. The summed E-state index contributed by atoms with van der Waals surface area (Å²) in [5.41, 5.74) is 0. The van der Waals surface area contributed by atoms with E-state index in [0.29, 0.717) is 0 Å². The van der Waals surface area contributed by atoms with E-state index in [-0.39, 0.29) is 12.1 Å². The summed E-state index contributed by atoms with van der Waals surface area (Å²) in [6.07, 6.45) is -6.16. The predicted molar refractivity (Wildman–Crippen MR) is 49.0 cm³/mol. The number of hydrogen-bond donors (Lipinski definition) is 0. The first kappa shape index (κ1) is 13.7. The number of nitrogens with zero attached hydrogens (tertiary/aromatic N) is 1. The third kappa shape index (κ3) is 3.46. The van der Waals surface area contributed by atoms with Crippen molar-refractivity contribution in [2.75, 3.05) is 7.11 Å². The van der Waals surface area contributed by atoms with Gasteiger partial charge in [0.15, 0.2) is 0 Å². The molecule has 0 aromatic heterocycles. The molecule has 2 nitrogen and oxygen atoms in total. The van der Waals surface area contributed by atoms with Crippen LogP contribution in [0.3, 0.4) is 0 Å². The SMILES string of the molecule is COC(N(C(C)C)C(C)C)C(F)(F)F. The molecular formula is C9H18F3NO. The van der Waals surface area contributed by atoms with Gasteiger partial charge in [-0.15, -0.1) is 0 Å². The summed E-state index contributed by atoms with van der Waals surface area (Å²) < 4.78 is 42.1. The van der Waals surface area contributed by atoms with E-state index in [9.17, 15) is 13.2 Å². The summed E-state index contributed by atoms with van der Waals surface area (Å²) >= 11 is 0. The van der Waals surface area contributed by atoms with E-state index < -0.39 is 12.4 Å².